The van der Waals surface area contributed by atoms with Crippen molar-refractivity contribution >= 4 is 0 Å². The average Bonchev–Trinajstić information content (AvgIpc) is 2.31. The molecule has 100 valence electrons. The van der Waals surface area contributed by atoms with Crippen LogP contribution in [0.4, 0.5) is 0 Å². The van der Waals surface area contributed by atoms with Crippen molar-refractivity contribution in [3.63, 3.8) is 0 Å². The lowest BCUT2D eigenvalue weighted by molar-refractivity contribution is 0.319. The monoisotopic (exact) mass is 247 g/mol. The molecule has 0 aliphatic heterocycles. The molecule has 1 aromatic carbocycles. The molecule has 1 rings (SSSR count). The minimum Gasteiger partial charge on any atom is -0.493 e. The van der Waals surface area contributed by atoms with Gasteiger partial charge in [-0.05, 0) is 44.5 Å². The van der Waals surface area contributed by atoms with Crippen LogP contribution in [0.2, 0.25) is 0 Å². The van der Waals surface area contributed by atoms with Gasteiger partial charge in [0.2, 0.25) is 0 Å². The van der Waals surface area contributed by atoms with E-state index in [2.05, 4.69) is 50.9 Å². The van der Waals surface area contributed by atoms with Gasteiger partial charge in [0.15, 0.2) is 0 Å². The third kappa shape index (κ3) is 4.53. The van der Waals surface area contributed by atoms with Crippen LogP contribution in [0.1, 0.15) is 44.4 Å². The van der Waals surface area contributed by atoms with E-state index in [-0.39, 0.29) is 0 Å². The van der Waals surface area contributed by atoms with Crippen molar-refractivity contribution < 1.29 is 4.74 Å². The van der Waals surface area contributed by atoms with Crippen LogP contribution in [0.15, 0.2) is 30.4 Å². The van der Waals surface area contributed by atoms with Gasteiger partial charge in [0.1, 0.15) is 5.75 Å². The second-order valence-corrected chi connectivity index (χ2v) is 4.86. The SMILES string of the molecule is C=C(C)CCOc1ccc(C(C)NCC)cc1C. The molecule has 1 unspecified atom stereocenters. The molecule has 0 saturated carbocycles. The van der Waals surface area contributed by atoms with Gasteiger partial charge in [0.25, 0.3) is 0 Å². The zero-order chi connectivity index (χ0) is 13.5. The zero-order valence-electron chi connectivity index (χ0n) is 12.0. The number of benzene rings is 1. The number of rotatable bonds is 7. The van der Waals surface area contributed by atoms with E-state index >= 15 is 0 Å². The van der Waals surface area contributed by atoms with Crippen LogP contribution in [-0.4, -0.2) is 13.2 Å². The average molecular weight is 247 g/mol. The Hall–Kier alpha value is -1.28. The first kappa shape index (κ1) is 14.8. The normalized spacial score (nSPS) is 12.2. The molecule has 0 bridgehead atoms. The summed E-state index contributed by atoms with van der Waals surface area (Å²) < 4.78 is 5.76. The third-order valence-corrected chi connectivity index (χ3v) is 3.00. The maximum Gasteiger partial charge on any atom is 0.122 e. The quantitative estimate of drug-likeness (QED) is 0.735. The Morgan fingerprint density at radius 3 is 2.72 bits per heavy atom. The number of hydrogen-bond donors (Lipinski definition) is 1. The van der Waals surface area contributed by atoms with E-state index in [9.17, 15) is 0 Å². The van der Waals surface area contributed by atoms with Crippen molar-refractivity contribution in [1.82, 2.24) is 5.32 Å². The fourth-order valence-corrected chi connectivity index (χ4v) is 1.86. The number of ether oxygens (including phenoxy) is 1. The maximum atomic E-state index is 5.76. The van der Waals surface area contributed by atoms with Gasteiger partial charge in [-0.1, -0.05) is 24.6 Å². The predicted octanol–water partition coefficient (Wildman–Crippen LogP) is 4.01. The lowest BCUT2D eigenvalue weighted by Gasteiger charge is -2.15. The van der Waals surface area contributed by atoms with Gasteiger partial charge >= 0.3 is 0 Å². The summed E-state index contributed by atoms with van der Waals surface area (Å²) in [6.07, 6.45) is 0.912. The summed E-state index contributed by atoms with van der Waals surface area (Å²) in [5.74, 6) is 0.976. The lowest BCUT2D eigenvalue weighted by Crippen LogP contribution is -2.17. The van der Waals surface area contributed by atoms with Crippen molar-refractivity contribution in [3.8, 4) is 5.75 Å². The standard InChI is InChI=1S/C16H25NO/c1-6-17-14(5)15-7-8-16(13(4)11-15)18-10-9-12(2)3/h7-8,11,14,17H,2,6,9-10H2,1,3-5H3. The van der Waals surface area contributed by atoms with Crippen LogP contribution in [0.3, 0.4) is 0 Å². The lowest BCUT2D eigenvalue weighted by atomic mass is 10.1. The molecule has 0 saturated heterocycles. The summed E-state index contributed by atoms with van der Waals surface area (Å²) in [4.78, 5) is 0. The molecule has 2 nitrogen and oxygen atoms in total. The Kier molecular flexibility index (Phi) is 5.93. The molecule has 0 amide bonds. The van der Waals surface area contributed by atoms with Crippen LogP contribution in [0.5, 0.6) is 5.75 Å². The molecule has 1 atom stereocenters. The van der Waals surface area contributed by atoms with Crippen LogP contribution < -0.4 is 10.1 Å². The third-order valence-electron chi connectivity index (χ3n) is 3.00. The van der Waals surface area contributed by atoms with E-state index in [0.29, 0.717) is 12.6 Å². The highest BCUT2D eigenvalue weighted by Crippen LogP contribution is 2.23. The minimum atomic E-state index is 0.387. The molecule has 0 fully saturated rings. The van der Waals surface area contributed by atoms with Gasteiger partial charge in [-0.15, -0.1) is 6.58 Å². The van der Waals surface area contributed by atoms with Gasteiger partial charge in [-0.25, -0.2) is 0 Å². The summed E-state index contributed by atoms with van der Waals surface area (Å²) in [5.41, 5.74) is 3.66. The number of nitrogens with one attached hydrogen (secondary N) is 1. The fraction of sp³-hybridized carbons (Fsp3) is 0.500. The molecular weight excluding hydrogens is 222 g/mol. The molecular formula is C16H25NO. The van der Waals surface area contributed by atoms with E-state index in [1.807, 2.05) is 6.92 Å². The highest BCUT2D eigenvalue weighted by Gasteiger charge is 2.06. The van der Waals surface area contributed by atoms with Crippen LogP contribution in [0, 0.1) is 6.92 Å². The van der Waals surface area contributed by atoms with E-state index in [4.69, 9.17) is 4.74 Å². The smallest absolute Gasteiger partial charge is 0.122 e. The Morgan fingerprint density at radius 1 is 1.44 bits per heavy atom. The molecule has 0 radical (unpaired) electrons. The van der Waals surface area contributed by atoms with Crippen LogP contribution >= 0.6 is 0 Å². The largest absolute Gasteiger partial charge is 0.493 e. The van der Waals surface area contributed by atoms with E-state index in [1.54, 1.807) is 0 Å². The second kappa shape index (κ2) is 7.22. The zero-order valence-corrected chi connectivity index (χ0v) is 12.0. The summed E-state index contributed by atoms with van der Waals surface area (Å²) >= 11 is 0. The number of aryl methyl sites for hydroxylation is 1. The van der Waals surface area contributed by atoms with E-state index < -0.39 is 0 Å². The van der Waals surface area contributed by atoms with Gasteiger partial charge in [-0.2, -0.15) is 0 Å². The summed E-state index contributed by atoms with van der Waals surface area (Å²) in [6.45, 7) is 14.0. The van der Waals surface area contributed by atoms with Crippen molar-refractivity contribution in [2.75, 3.05) is 13.2 Å². The summed E-state index contributed by atoms with van der Waals surface area (Å²) in [5, 5.41) is 3.41. The molecule has 1 N–H and O–H groups in total. The van der Waals surface area contributed by atoms with Gasteiger partial charge < -0.3 is 10.1 Å². The second-order valence-electron chi connectivity index (χ2n) is 4.86. The molecule has 0 heterocycles. The molecule has 0 spiro atoms. The van der Waals surface area contributed by atoms with E-state index in [0.717, 1.165) is 24.3 Å². The first-order valence-corrected chi connectivity index (χ1v) is 6.65. The maximum absolute atomic E-state index is 5.76. The summed E-state index contributed by atoms with van der Waals surface area (Å²) in [7, 11) is 0. The Morgan fingerprint density at radius 2 is 2.17 bits per heavy atom. The fourth-order valence-electron chi connectivity index (χ4n) is 1.86. The topological polar surface area (TPSA) is 21.3 Å². The van der Waals surface area contributed by atoms with E-state index in [1.165, 1.54) is 11.1 Å². The van der Waals surface area contributed by atoms with Gasteiger partial charge in [0.05, 0.1) is 6.61 Å². The highest BCUT2D eigenvalue weighted by molar-refractivity contribution is 5.37. The van der Waals surface area contributed by atoms with Crippen molar-refractivity contribution in [1.29, 1.82) is 0 Å². The molecule has 1 aromatic rings. The molecule has 18 heavy (non-hydrogen) atoms. The highest BCUT2D eigenvalue weighted by atomic mass is 16.5. The molecule has 2 heteroatoms. The number of hydrogen-bond acceptors (Lipinski definition) is 2. The minimum absolute atomic E-state index is 0.387. The van der Waals surface area contributed by atoms with Crippen LogP contribution in [0.25, 0.3) is 0 Å². The predicted molar refractivity (Wildman–Crippen MR) is 78.2 cm³/mol. The van der Waals surface area contributed by atoms with Gasteiger partial charge in [0, 0.05) is 12.5 Å². The van der Waals surface area contributed by atoms with Crippen molar-refractivity contribution in [2.45, 2.75) is 40.2 Å². The van der Waals surface area contributed by atoms with Crippen LogP contribution in [-0.2, 0) is 0 Å². The first-order chi connectivity index (χ1) is 8.54. The Labute approximate surface area is 111 Å². The van der Waals surface area contributed by atoms with Crippen molar-refractivity contribution in [2.24, 2.45) is 0 Å². The van der Waals surface area contributed by atoms with Gasteiger partial charge in [-0.3, -0.25) is 0 Å². The molecule has 0 aromatic heterocycles. The Bertz CT molecular complexity index is 398. The summed E-state index contributed by atoms with van der Waals surface area (Å²) in [6, 6.07) is 6.79. The van der Waals surface area contributed by atoms with Crippen molar-refractivity contribution in [3.05, 3.63) is 41.5 Å². The molecule has 0 aliphatic carbocycles. The molecule has 0 aliphatic rings. The Balaban J connectivity index is 2.64. The first-order valence-electron chi connectivity index (χ1n) is 6.65.